The van der Waals surface area contributed by atoms with E-state index >= 15 is 0 Å². The van der Waals surface area contributed by atoms with Crippen LogP contribution in [-0.2, 0) is 44.7 Å². The number of nitrogens with one attached hydrogen (secondary N) is 3. The Balaban J connectivity index is 2.04. The molecule has 0 radical (unpaired) electrons. The van der Waals surface area contributed by atoms with E-state index < -0.39 is 71.9 Å². The van der Waals surface area contributed by atoms with Gasteiger partial charge in [-0.1, -0.05) is 37.3 Å². The summed E-state index contributed by atoms with van der Waals surface area (Å²) in [5, 5.41) is 7.42. The first-order chi connectivity index (χ1) is 16.1. The molecule has 0 aromatic heterocycles. The Morgan fingerprint density at radius 2 is 1.50 bits per heavy atom. The quantitative estimate of drug-likeness (QED) is 0.224. The average molecular weight is 476 g/mol. The van der Waals surface area contributed by atoms with Gasteiger partial charge in [-0.3, -0.25) is 28.8 Å². The van der Waals surface area contributed by atoms with Crippen molar-refractivity contribution in [3.8, 4) is 0 Å². The van der Waals surface area contributed by atoms with Crippen molar-refractivity contribution in [1.29, 1.82) is 0 Å². The number of carbonyl (C=O) groups is 6. The molecule has 1 aliphatic rings. The molecule has 12 heteroatoms. The number of amides is 4. The molecule has 1 aromatic rings. The van der Waals surface area contributed by atoms with Gasteiger partial charge in [0.1, 0.15) is 18.1 Å². The third-order valence-corrected chi connectivity index (χ3v) is 5.52. The average Bonchev–Trinajstić information content (AvgIpc) is 2.80. The van der Waals surface area contributed by atoms with Crippen LogP contribution in [0.4, 0.5) is 0 Å². The lowest BCUT2D eigenvalue weighted by molar-refractivity contribution is -0.162. The van der Waals surface area contributed by atoms with Crippen LogP contribution in [0.5, 0.6) is 0 Å². The van der Waals surface area contributed by atoms with Crippen molar-refractivity contribution in [2.75, 3.05) is 14.2 Å². The van der Waals surface area contributed by atoms with E-state index in [4.69, 9.17) is 5.73 Å². The Morgan fingerprint density at radius 1 is 0.971 bits per heavy atom. The van der Waals surface area contributed by atoms with Gasteiger partial charge in [-0.15, -0.1) is 0 Å². The SMILES string of the molecule is COC(=O)C(C(=O)OC)[C@@H](C)[C@@H](NC(=O)C[C@@H]1NC(=O)[C@H](Cc2ccccc2)NC1=O)C(N)=O. The molecule has 1 aliphatic heterocycles. The van der Waals surface area contributed by atoms with Crippen molar-refractivity contribution >= 4 is 35.6 Å². The minimum Gasteiger partial charge on any atom is -0.468 e. The highest BCUT2D eigenvalue weighted by molar-refractivity contribution is 6.00. The summed E-state index contributed by atoms with van der Waals surface area (Å²) in [6, 6.07) is 5.66. The second kappa shape index (κ2) is 11.8. The molecule has 184 valence electrons. The zero-order valence-electron chi connectivity index (χ0n) is 19.0. The maximum atomic E-state index is 12.6. The van der Waals surface area contributed by atoms with E-state index in [0.29, 0.717) is 0 Å². The zero-order chi connectivity index (χ0) is 25.4. The standard InChI is InChI=1S/C22H28N4O8/c1-11(16(21(31)33-2)22(32)34-3)17(18(23)28)26-15(27)10-14-20(30)24-13(19(29)25-14)9-12-7-5-4-6-8-12/h4-8,11,13-14,16-17H,9-10H2,1-3H3,(H2,23,28)(H,24,30)(H,25,29)(H,26,27)/t11-,13+,14+,17-/m1/s1. The monoisotopic (exact) mass is 476 g/mol. The number of benzene rings is 1. The second-order valence-electron chi connectivity index (χ2n) is 7.85. The van der Waals surface area contributed by atoms with Crippen LogP contribution in [0.3, 0.4) is 0 Å². The lowest BCUT2D eigenvalue weighted by Gasteiger charge is -2.30. The molecular formula is C22H28N4O8. The highest BCUT2D eigenvalue weighted by Gasteiger charge is 2.42. The molecule has 4 amide bonds. The van der Waals surface area contributed by atoms with Crippen molar-refractivity contribution in [1.82, 2.24) is 16.0 Å². The van der Waals surface area contributed by atoms with Gasteiger partial charge in [0.2, 0.25) is 23.6 Å². The fourth-order valence-corrected chi connectivity index (χ4v) is 3.66. The summed E-state index contributed by atoms with van der Waals surface area (Å²) >= 11 is 0. The summed E-state index contributed by atoms with van der Waals surface area (Å²) in [6.07, 6.45) is -0.214. The number of methoxy groups -OCH3 is 2. The largest absolute Gasteiger partial charge is 0.468 e. The number of esters is 2. The maximum absolute atomic E-state index is 12.6. The molecule has 1 fully saturated rings. The van der Waals surface area contributed by atoms with E-state index in [1.807, 2.05) is 30.3 Å². The van der Waals surface area contributed by atoms with Gasteiger partial charge in [0.05, 0.1) is 20.6 Å². The number of hydrogen-bond donors (Lipinski definition) is 4. The van der Waals surface area contributed by atoms with Crippen LogP contribution in [-0.4, -0.2) is 67.9 Å². The second-order valence-corrected chi connectivity index (χ2v) is 7.85. The summed E-state index contributed by atoms with van der Waals surface area (Å²) in [6.45, 7) is 1.34. The predicted octanol–water partition coefficient (Wildman–Crippen LogP) is -1.83. The van der Waals surface area contributed by atoms with Gasteiger partial charge in [0, 0.05) is 12.3 Å². The summed E-state index contributed by atoms with van der Waals surface area (Å²) in [4.78, 5) is 73.5. The van der Waals surface area contributed by atoms with Crippen molar-refractivity contribution in [2.45, 2.75) is 37.9 Å². The Bertz CT molecular complexity index is 935. The van der Waals surface area contributed by atoms with E-state index in [1.165, 1.54) is 6.92 Å². The van der Waals surface area contributed by atoms with Crippen LogP contribution < -0.4 is 21.7 Å². The maximum Gasteiger partial charge on any atom is 0.320 e. The molecule has 5 N–H and O–H groups in total. The number of hydrogen-bond acceptors (Lipinski definition) is 8. The van der Waals surface area contributed by atoms with Gasteiger partial charge in [0.15, 0.2) is 5.92 Å². The van der Waals surface area contributed by atoms with E-state index in [0.717, 1.165) is 19.8 Å². The number of rotatable bonds is 10. The predicted molar refractivity (Wildman–Crippen MR) is 116 cm³/mol. The molecule has 0 spiro atoms. The van der Waals surface area contributed by atoms with Crippen molar-refractivity contribution in [2.24, 2.45) is 17.6 Å². The van der Waals surface area contributed by atoms with Crippen LogP contribution in [0.1, 0.15) is 18.9 Å². The fourth-order valence-electron chi connectivity index (χ4n) is 3.66. The van der Waals surface area contributed by atoms with Gasteiger partial charge in [-0.2, -0.15) is 0 Å². The van der Waals surface area contributed by atoms with E-state index in [9.17, 15) is 28.8 Å². The molecule has 2 rings (SSSR count). The third-order valence-electron chi connectivity index (χ3n) is 5.52. The van der Waals surface area contributed by atoms with Crippen LogP contribution in [0.15, 0.2) is 30.3 Å². The molecule has 0 bridgehead atoms. The van der Waals surface area contributed by atoms with Gasteiger partial charge in [0.25, 0.3) is 0 Å². The number of nitrogens with two attached hydrogens (primary N) is 1. The first-order valence-corrected chi connectivity index (χ1v) is 10.5. The summed E-state index contributed by atoms with van der Waals surface area (Å²) in [5.41, 5.74) is 6.22. The fraction of sp³-hybridized carbons (Fsp3) is 0.455. The summed E-state index contributed by atoms with van der Waals surface area (Å²) in [5.74, 6) is -7.43. The van der Waals surface area contributed by atoms with E-state index in [-0.39, 0.29) is 6.42 Å². The number of carbonyl (C=O) groups excluding carboxylic acids is 6. The molecule has 1 aromatic carbocycles. The summed E-state index contributed by atoms with van der Waals surface area (Å²) in [7, 11) is 2.11. The first kappa shape index (κ1) is 26.3. The number of ether oxygens (including phenoxy) is 2. The minimum atomic E-state index is -1.52. The summed E-state index contributed by atoms with van der Waals surface area (Å²) < 4.78 is 9.17. The lowest BCUT2D eigenvalue weighted by Crippen LogP contribution is -2.63. The van der Waals surface area contributed by atoms with Crippen molar-refractivity contribution in [3.63, 3.8) is 0 Å². The molecule has 0 saturated carbocycles. The highest BCUT2D eigenvalue weighted by atomic mass is 16.5. The van der Waals surface area contributed by atoms with Crippen LogP contribution in [0.2, 0.25) is 0 Å². The first-order valence-electron chi connectivity index (χ1n) is 10.5. The Morgan fingerprint density at radius 3 is 2.03 bits per heavy atom. The molecule has 0 aliphatic carbocycles. The van der Waals surface area contributed by atoms with Gasteiger partial charge >= 0.3 is 11.9 Å². The van der Waals surface area contributed by atoms with Gasteiger partial charge < -0.3 is 31.2 Å². The van der Waals surface area contributed by atoms with Gasteiger partial charge in [-0.05, 0) is 5.56 Å². The molecule has 12 nitrogen and oxygen atoms in total. The lowest BCUT2D eigenvalue weighted by atomic mass is 9.86. The number of primary amides is 1. The van der Waals surface area contributed by atoms with E-state index in [1.54, 1.807) is 0 Å². The highest BCUT2D eigenvalue weighted by Crippen LogP contribution is 2.20. The Hall–Kier alpha value is -3.96. The number of piperazine rings is 1. The molecular weight excluding hydrogens is 448 g/mol. The topological polar surface area (TPSA) is 183 Å². The van der Waals surface area contributed by atoms with Crippen LogP contribution >= 0.6 is 0 Å². The molecule has 34 heavy (non-hydrogen) atoms. The molecule has 1 heterocycles. The van der Waals surface area contributed by atoms with E-state index in [2.05, 4.69) is 25.4 Å². The molecule has 1 saturated heterocycles. The Kier molecular flexibility index (Phi) is 9.10. The molecule has 0 unspecified atom stereocenters. The van der Waals surface area contributed by atoms with Crippen LogP contribution in [0.25, 0.3) is 0 Å². The smallest absolute Gasteiger partial charge is 0.320 e. The zero-order valence-corrected chi connectivity index (χ0v) is 19.0. The minimum absolute atomic E-state index is 0.279. The normalized spacial score (nSPS) is 19.3. The van der Waals surface area contributed by atoms with Crippen LogP contribution in [0, 0.1) is 11.8 Å². The Labute approximate surface area is 195 Å². The molecule has 4 atom stereocenters. The van der Waals surface area contributed by atoms with Crippen molar-refractivity contribution < 1.29 is 38.2 Å². The third kappa shape index (κ3) is 6.53. The van der Waals surface area contributed by atoms with Crippen molar-refractivity contribution in [3.05, 3.63) is 35.9 Å². The van der Waals surface area contributed by atoms with Gasteiger partial charge in [-0.25, -0.2) is 0 Å².